The lowest BCUT2D eigenvalue weighted by atomic mass is 10.0. The molecule has 0 spiro atoms. The van der Waals surface area contributed by atoms with Gasteiger partial charge in [0.1, 0.15) is 0 Å². The Morgan fingerprint density at radius 2 is 1.80 bits per heavy atom. The summed E-state index contributed by atoms with van der Waals surface area (Å²) in [5.74, 6) is 5.59. The zero-order chi connectivity index (χ0) is 14.5. The Balaban J connectivity index is 2.12. The number of hydrogen-bond acceptors (Lipinski definition) is 3. The average molecular weight is 271 g/mol. The Labute approximate surface area is 118 Å². The smallest absolute Gasteiger partial charge is 0.230 e. The third-order valence-electron chi connectivity index (χ3n) is 3.34. The quantitative estimate of drug-likeness (QED) is 0.671. The summed E-state index contributed by atoms with van der Waals surface area (Å²) in [5.41, 5.74) is 1.77. The maximum Gasteiger partial charge on any atom is 0.230 e. The Kier molecular flexibility index (Phi) is 4.54. The van der Waals surface area contributed by atoms with Crippen LogP contribution in [0.15, 0.2) is 24.3 Å². The second kappa shape index (κ2) is 6.36. The van der Waals surface area contributed by atoms with Crippen LogP contribution in [-0.2, 0) is 9.59 Å². The van der Waals surface area contributed by atoms with Gasteiger partial charge in [0.15, 0.2) is 0 Å². The molecule has 1 saturated heterocycles. The summed E-state index contributed by atoms with van der Waals surface area (Å²) in [6, 6.07) is 7.25. The second-order valence-electron chi connectivity index (χ2n) is 4.73. The van der Waals surface area contributed by atoms with Crippen LogP contribution in [-0.4, -0.2) is 28.4 Å². The Bertz CT molecular complexity index is 550. The van der Waals surface area contributed by atoms with Crippen LogP contribution in [0.2, 0.25) is 0 Å². The van der Waals surface area contributed by atoms with Crippen molar-refractivity contribution >= 4 is 11.8 Å². The van der Waals surface area contributed by atoms with E-state index in [0.717, 1.165) is 11.1 Å². The van der Waals surface area contributed by atoms with E-state index in [1.807, 2.05) is 31.2 Å². The van der Waals surface area contributed by atoms with E-state index in [1.165, 1.54) is 4.90 Å². The molecule has 1 N–H and O–H groups in total. The van der Waals surface area contributed by atoms with Crippen molar-refractivity contribution in [3.05, 3.63) is 35.4 Å². The molecule has 4 heteroatoms. The van der Waals surface area contributed by atoms with E-state index in [2.05, 4.69) is 11.8 Å². The summed E-state index contributed by atoms with van der Waals surface area (Å²) < 4.78 is 0. The van der Waals surface area contributed by atoms with Crippen molar-refractivity contribution < 1.29 is 14.7 Å². The number of likely N-dealkylation sites (tertiary alicyclic amines) is 1. The number of imide groups is 1. The molecule has 1 aliphatic heterocycles. The van der Waals surface area contributed by atoms with Gasteiger partial charge in [-0.15, -0.1) is 0 Å². The molecule has 1 unspecified atom stereocenters. The molecule has 1 atom stereocenters. The third kappa shape index (κ3) is 3.06. The standard InChI is InChI=1S/C16H17NO3/c1-12(17-15(19)9-10-16(17)20)14-7-5-13(6-8-14)4-2-3-11-18/h5-8,12,18H,3,9-11H2,1H3. The van der Waals surface area contributed by atoms with Gasteiger partial charge in [0.2, 0.25) is 11.8 Å². The molecule has 1 heterocycles. The lowest BCUT2D eigenvalue weighted by Crippen LogP contribution is -2.31. The van der Waals surface area contributed by atoms with Gasteiger partial charge in [-0.3, -0.25) is 14.5 Å². The number of aliphatic hydroxyl groups excluding tert-OH is 1. The molecular weight excluding hydrogens is 254 g/mol. The largest absolute Gasteiger partial charge is 0.395 e. The molecule has 1 aromatic rings. The molecule has 0 bridgehead atoms. The fourth-order valence-electron chi connectivity index (χ4n) is 2.24. The first kappa shape index (κ1) is 14.3. The van der Waals surface area contributed by atoms with Crippen molar-refractivity contribution in [2.24, 2.45) is 0 Å². The highest BCUT2D eigenvalue weighted by Crippen LogP contribution is 2.26. The van der Waals surface area contributed by atoms with Crippen molar-refractivity contribution in [2.75, 3.05) is 6.61 Å². The Hall–Kier alpha value is -2.12. The molecule has 1 aliphatic rings. The maximum atomic E-state index is 11.7. The van der Waals surface area contributed by atoms with Crippen LogP contribution in [0, 0.1) is 11.8 Å². The monoisotopic (exact) mass is 271 g/mol. The lowest BCUT2D eigenvalue weighted by molar-refractivity contribution is -0.140. The van der Waals surface area contributed by atoms with Crippen LogP contribution in [0.1, 0.15) is 43.4 Å². The minimum absolute atomic E-state index is 0.0568. The summed E-state index contributed by atoms with van der Waals surface area (Å²) >= 11 is 0. The van der Waals surface area contributed by atoms with Crippen LogP contribution < -0.4 is 0 Å². The summed E-state index contributed by atoms with van der Waals surface area (Å²) in [6.45, 7) is 1.91. The van der Waals surface area contributed by atoms with Gasteiger partial charge in [-0.1, -0.05) is 24.0 Å². The van der Waals surface area contributed by atoms with Gasteiger partial charge in [0, 0.05) is 24.8 Å². The predicted molar refractivity (Wildman–Crippen MR) is 74.5 cm³/mol. The summed E-state index contributed by atoms with van der Waals surface area (Å²) in [4.78, 5) is 24.7. The molecule has 0 aromatic heterocycles. The SMILES string of the molecule is CC(c1ccc(C#CCCO)cc1)N1C(=O)CCC1=O. The van der Waals surface area contributed by atoms with Gasteiger partial charge in [-0.05, 0) is 24.6 Å². The van der Waals surface area contributed by atoms with Crippen molar-refractivity contribution in [1.29, 1.82) is 0 Å². The van der Waals surface area contributed by atoms with Crippen LogP contribution in [0.3, 0.4) is 0 Å². The van der Waals surface area contributed by atoms with E-state index in [0.29, 0.717) is 19.3 Å². The van der Waals surface area contributed by atoms with Gasteiger partial charge < -0.3 is 5.11 Å². The highest BCUT2D eigenvalue weighted by molar-refractivity contribution is 6.02. The maximum absolute atomic E-state index is 11.7. The molecule has 0 radical (unpaired) electrons. The number of benzene rings is 1. The van der Waals surface area contributed by atoms with Crippen LogP contribution in [0.4, 0.5) is 0 Å². The van der Waals surface area contributed by atoms with Gasteiger partial charge in [0.05, 0.1) is 12.6 Å². The molecule has 104 valence electrons. The molecule has 20 heavy (non-hydrogen) atoms. The van der Waals surface area contributed by atoms with Gasteiger partial charge in [-0.2, -0.15) is 0 Å². The van der Waals surface area contributed by atoms with E-state index >= 15 is 0 Å². The summed E-state index contributed by atoms with van der Waals surface area (Å²) in [5, 5.41) is 8.66. The molecule has 0 aliphatic carbocycles. The third-order valence-corrected chi connectivity index (χ3v) is 3.34. The van der Waals surface area contributed by atoms with Crippen molar-refractivity contribution in [3.8, 4) is 11.8 Å². The van der Waals surface area contributed by atoms with Crippen LogP contribution in [0.5, 0.6) is 0 Å². The van der Waals surface area contributed by atoms with Crippen molar-refractivity contribution in [1.82, 2.24) is 4.90 Å². The first-order valence-corrected chi connectivity index (χ1v) is 6.68. The van der Waals surface area contributed by atoms with E-state index < -0.39 is 0 Å². The summed E-state index contributed by atoms with van der Waals surface area (Å²) in [7, 11) is 0. The lowest BCUT2D eigenvalue weighted by Gasteiger charge is -2.22. The zero-order valence-corrected chi connectivity index (χ0v) is 11.4. The molecule has 1 aromatic carbocycles. The number of nitrogens with zero attached hydrogens (tertiary/aromatic N) is 1. The fourth-order valence-corrected chi connectivity index (χ4v) is 2.24. The minimum atomic E-state index is -0.239. The van der Waals surface area contributed by atoms with Crippen LogP contribution in [0.25, 0.3) is 0 Å². The normalized spacial score (nSPS) is 16.0. The van der Waals surface area contributed by atoms with Crippen molar-refractivity contribution in [2.45, 2.75) is 32.2 Å². The number of carbonyl (C=O) groups is 2. The molecule has 1 fully saturated rings. The number of aliphatic hydroxyl groups is 1. The van der Waals surface area contributed by atoms with E-state index in [4.69, 9.17) is 5.11 Å². The Morgan fingerprint density at radius 1 is 1.20 bits per heavy atom. The Morgan fingerprint density at radius 3 is 2.35 bits per heavy atom. The predicted octanol–water partition coefficient (Wildman–Crippen LogP) is 1.63. The number of carbonyl (C=O) groups excluding carboxylic acids is 2. The molecule has 2 rings (SSSR count). The van der Waals surface area contributed by atoms with E-state index in [9.17, 15) is 9.59 Å². The number of amides is 2. The highest BCUT2D eigenvalue weighted by Gasteiger charge is 2.33. The first-order chi connectivity index (χ1) is 9.63. The highest BCUT2D eigenvalue weighted by atomic mass is 16.2. The van der Waals surface area contributed by atoms with E-state index in [1.54, 1.807) is 0 Å². The number of rotatable bonds is 3. The molecule has 2 amide bonds. The topological polar surface area (TPSA) is 57.6 Å². The summed E-state index contributed by atoms with van der Waals surface area (Å²) in [6.07, 6.45) is 1.08. The fraction of sp³-hybridized carbons (Fsp3) is 0.375. The van der Waals surface area contributed by atoms with E-state index in [-0.39, 0.29) is 24.5 Å². The van der Waals surface area contributed by atoms with Crippen LogP contribution >= 0.6 is 0 Å². The van der Waals surface area contributed by atoms with Gasteiger partial charge >= 0.3 is 0 Å². The average Bonchev–Trinajstić information content (AvgIpc) is 2.78. The minimum Gasteiger partial charge on any atom is -0.395 e. The first-order valence-electron chi connectivity index (χ1n) is 6.68. The number of hydrogen-bond donors (Lipinski definition) is 1. The van der Waals surface area contributed by atoms with Gasteiger partial charge in [0.25, 0.3) is 0 Å². The molecular formula is C16H17NO3. The molecule has 0 saturated carbocycles. The molecule has 4 nitrogen and oxygen atoms in total. The van der Waals surface area contributed by atoms with Gasteiger partial charge in [-0.25, -0.2) is 0 Å². The zero-order valence-electron chi connectivity index (χ0n) is 11.4. The second-order valence-corrected chi connectivity index (χ2v) is 4.73. The van der Waals surface area contributed by atoms with Crippen molar-refractivity contribution in [3.63, 3.8) is 0 Å².